The molecule has 0 spiro atoms. The van der Waals surface area contributed by atoms with Crippen molar-refractivity contribution in [2.24, 2.45) is 0 Å². The number of nitrogens with zero attached hydrogens (tertiary/aromatic N) is 1. The summed E-state index contributed by atoms with van der Waals surface area (Å²) in [5.41, 5.74) is 1.65. The molecule has 0 aliphatic carbocycles. The van der Waals surface area contributed by atoms with Gasteiger partial charge in [-0.25, -0.2) is 0 Å². The summed E-state index contributed by atoms with van der Waals surface area (Å²) < 4.78 is 16.9. The number of ether oxygens (including phenoxy) is 2. The van der Waals surface area contributed by atoms with E-state index in [1.165, 1.54) is 13.2 Å². The third-order valence-electron chi connectivity index (χ3n) is 5.76. The first-order valence-electron chi connectivity index (χ1n) is 10.8. The van der Waals surface area contributed by atoms with Gasteiger partial charge in [0.25, 0.3) is 5.91 Å². The number of methoxy groups -OCH3 is 1. The van der Waals surface area contributed by atoms with Gasteiger partial charge in [0.2, 0.25) is 5.76 Å². The maximum atomic E-state index is 13.6. The summed E-state index contributed by atoms with van der Waals surface area (Å²) in [6.45, 7) is 6.54. The van der Waals surface area contributed by atoms with E-state index in [0.29, 0.717) is 41.1 Å². The quantitative estimate of drug-likeness (QED) is 0.496. The third kappa shape index (κ3) is 4.18. The number of phenolic OH excluding ortho intramolecular Hbond substituents is 1. The molecule has 33 heavy (non-hydrogen) atoms. The van der Waals surface area contributed by atoms with Crippen molar-refractivity contribution in [3.63, 3.8) is 0 Å². The number of phenols is 1. The minimum Gasteiger partial charge on any atom is -0.504 e. The van der Waals surface area contributed by atoms with Crippen LogP contribution in [0.3, 0.4) is 0 Å². The minimum atomic E-state index is -0.693. The summed E-state index contributed by atoms with van der Waals surface area (Å²) in [5.74, 6) is -0.120. The van der Waals surface area contributed by atoms with Crippen LogP contribution in [0.15, 0.2) is 39.5 Å². The number of rotatable bonds is 7. The van der Waals surface area contributed by atoms with Crippen LogP contribution in [-0.2, 0) is 4.74 Å². The maximum absolute atomic E-state index is 13.6. The van der Waals surface area contributed by atoms with Crippen LogP contribution in [0.5, 0.6) is 11.5 Å². The van der Waals surface area contributed by atoms with E-state index in [1.807, 2.05) is 20.8 Å². The van der Waals surface area contributed by atoms with Crippen LogP contribution in [0.4, 0.5) is 0 Å². The smallest absolute Gasteiger partial charge is 0.290 e. The highest BCUT2D eigenvalue weighted by molar-refractivity contribution is 6.32. The number of aromatic hydroxyl groups is 1. The molecule has 1 atom stereocenters. The summed E-state index contributed by atoms with van der Waals surface area (Å²) in [6, 6.07) is 7.35. The fraction of sp³-hybridized carbons (Fsp3) is 0.360. The Kier molecular flexibility index (Phi) is 6.36. The molecule has 0 saturated carbocycles. The van der Waals surface area contributed by atoms with E-state index in [0.717, 1.165) is 5.56 Å². The van der Waals surface area contributed by atoms with E-state index in [1.54, 1.807) is 29.2 Å². The minimum absolute atomic E-state index is 0.0241. The maximum Gasteiger partial charge on any atom is 0.290 e. The van der Waals surface area contributed by atoms with Crippen molar-refractivity contribution >= 4 is 28.5 Å². The lowest BCUT2D eigenvalue weighted by atomic mass is 9.97. The first-order valence-corrected chi connectivity index (χ1v) is 11.2. The molecule has 0 fully saturated rings. The number of benzene rings is 2. The van der Waals surface area contributed by atoms with Crippen LogP contribution < -0.4 is 10.2 Å². The number of amides is 1. The van der Waals surface area contributed by atoms with Gasteiger partial charge in [-0.05, 0) is 62.6 Å². The van der Waals surface area contributed by atoms with Gasteiger partial charge in [0.1, 0.15) is 5.58 Å². The highest BCUT2D eigenvalue weighted by Crippen LogP contribution is 2.41. The second-order valence-corrected chi connectivity index (χ2v) is 8.78. The molecule has 0 radical (unpaired) electrons. The summed E-state index contributed by atoms with van der Waals surface area (Å²) in [4.78, 5) is 28.6. The summed E-state index contributed by atoms with van der Waals surface area (Å²) in [6.07, 6.45) is 0.664. The fourth-order valence-corrected chi connectivity index (χ4v) is 4.30. The van der Waals surface area contributed by atoms with Gasteiger partial charge >= 0.3 is 0 Å². The summed E-state index contributed by atoms with van der Waals surface area (Å²) in [5, 5.41) is 10.8. The Balaban J connectivity index is 1.86. The zero-order valence-electron chi connectivity index (χ0n) is 19.0. The molecular weight excluding hydrogens is 446 g/mol. The van der Waals surface area contributed by atoms with Crippen molar-refractivity contribution in [2.45, 2.75) is 39.3 Å². The number of carbonyl (C=O) groups is 1. The molecular formula is C25H26ClNO6. The van der Waals surface area contributed by atoms with Crippen LogP contribution in [0, 0.1) is 6.92 Å². The molecule has 1 aliphatic heterocycles. The van der Waals surface area contributed by atoms with Crippen molar-refractivity contribution < 1.29 is 23.8 Å². The average Bonchev–Trinajstić information content (AvgIpc) is 3.05. The van der Waals surface area contributed by atoms with Gasteiger partial charge in [-0.15, -0.1) is 0 Å². The molecule has 4 rings (SSSR count). The number of aryl methyl sites for hydroxylation is 1. The molecule has 1 amide bonds. The van der Waals surface area contributed by atoms with Crippen LogP contribution in [0.1, 0.15) is 53.6 Å². The summed E-state index contributed by atoms with van der Waals surface area (Å²) >= 11 is 6.27. The van der Waals surface area contributed by atoms with Gasteiger partial charge < -0.3 is 23.9 Å². The first kappa shape index (κ1) is 23.1. The Morgan fingerprint density at radius 2 is 1.97 bits per heavy atom. The molecule has 0 unspecified atom stereocenters. The van der Waals surface area contributed by atoms with Gasteiger partial charge in [-0.2, -0.15) is 0 Å². The number of halogens is 1. The van der Waals surface area contributed by atoms with E-state index < -0.39 is 6.04 Å². The zero-order chi connectivity index (χ0) is 23.9. The number of carbonyl (C=O) groups excluding carboxylic acids is 1. The van der Waals surface area contributed by atoms with Crippen LogP contribution in [0.2, 0.25) is 5.02 Å². The van der Waals surface area contributed by atoms with Crippen LogP contribution in [0.25, 0.3) is 11.0 Å². The van der Waals surface area contributed by atoms with E-state index in [-0.39, 0.29) is 40.3 Å². The fourth-order valence-electron chi connectivity index (χ4n) is 4.14. The zero-order valence-corrected chi connectivity index (χ0v) is 19.7. The van der Waals surface area contributed by atoms with Crippen molar-refractivity contribution in [3.8, 4) is 11.5 Å². The van der Waals surface area contributed by atoms with E-state index in [9.17, 15) is 14.7 Å². The predicted octanol–water partition coefficient (Wildman–Crippen LogP) is 4.83. The molecule has 1 aromatic heterocycles. The van der Waals surface area contributed by atoms with Gasteiger partial charge in [0.05, 0.1) is 30.2 Å². The molecule has 8 heteroatoms. The second-order valence-electron chi connectivity index (χ2n) is 8.38. The lowest BCUT2D eigenvalue weighted by Crippen LogP contribution is -2.31. The van der Waals surface area contributed by atoms with E-state index in [4.69, 9.17) is 25.5 Å². The molecule has 1 aliphatic rings. The number of hydrogen-bond acceptors (Lipinski definition) is 6. The molecule has 0 saturated heterocycles. The highest BCUT2D eigenvalue weighted by atomic mass is 35.5. The molecule has 2 aromatic carbocycles. The Morgan fingerprint density at radius 3 is 2.67 bits per heavy atom. The molecule has 1 N–H and O–H groups in total. The largest absolute Gasteiger partial charge is 0.504 e. The SMILES string of the molecule is COc1cc([C@H]2c3c(oc4cc(C)c(Cl)cc4c3=O)C(=O)N2CCCOC(C)C)ccc1O. The van der Waals surface area contributed by atoms with Crippen LogP contribution >= 0.6 is 11.6 Å². The normalized spacial score (nSPS) is 15.5. The highest BCUT2D eigenvalue weighted by Gasteiger charge is 2.42. The Hall–Kier alpha value is -3.03. The Labute approximate surface area is 196 Å². The van der Waals surface area contributed by atoms with Gasteiger partial charge in [-0.1, -0.05) is 17.7 Å². The molecule has 3 aromatic rings. The van der Waals surface area contributed by atoms with Gasteiger partial charge in [0.15, 0.2) is 16.9 Å². The number of hydrogen-bond donors (Lipinski definition) is 1. The van der Waals surface area contributed by atoms with E-state index >= 15 is 0 Å². The summed E-state index contributed by atoms with van der Waals surface area (Å²) in [7, 11) is 1.44. The number of fused-ring (bicyclic) bond motifs is 2. The Morgan fingerprint density at radius 1 is 1.21 bits per heavy atom. The topological polar surface area (TPSA) is 89.2 Å². The first-order chi connectivity index (χ1) is 15.7. The lowest BCUT2D eigenvalue weighted by molar-refractivity contribution is 0.0593. The van der Waals surface area contributed by atoms with Crippen LogP contribution in [-0.4, -0.2) is 42.3 Å². The standard InChI is InChI=1S/C25H26ClNO6/c1-13(2)32-9-5-8-27-22(15-6-7-18(28)20(11-15)31-4)21-23(29)16-12-17(26)14(3)10-19(16)33-24(21)25(27)30/h6-7,10-13,22,28H,5,8-9H2,1-4H3/t22-/m0/s1. The lowest BCUT2D eigenvalue weighted by Gasteiger charge is -2.25. The molecule has 0 bridgehead atoms. The average molecular weight is 472 g/mol. The van der Waals surface area contributed by atoms with Crippen molar-refractivity contribution in [3.05, 3.63) is 68.0 Å². The van der Waals surface area contributed by atoms with Crippen molar-refractivity contribution in [1.29, 1.82) is 0 Å². The second kappa shape index (κ2) is 9.08. The molecule has 2 heterocycles. The Bertz CT molecular complexity index is 1280. The predicted molar refractivity (Wildman–Crippen MR) is 125 cm³/mol. The van der Waals surface area contributed by atoms with Crippen molar-refractivity contribution in [2.75, 3.05) is 20.3 Å². The van der Waals surface area contributed by atoms with Gasteiger partial charge in [0, 0.05) is 18.2 Å². The monoisotopic (exact) mass is 471 g/mol. The molecule has 7 nitrogen and oxygen atoms in total. The van der Waals surface area contributed by atoms with Crippen molar-refractivity contribution in [1.82, 2.24) is 4.90 Å². The molecule has 174 valence electrons. The van der Waals surface area contributed by atoms with E-state index in [2.05, 4.69) is 0 Å². The third-order valence-corrected chi connectivity index (χ3v) is 6.17. The van der Waals surface area contributed by atoms with Gasteiger partial charge in [-0.3, -0.25) is 9.59 Å².